The standard InChI is InChI=1S/C28H29N5S/c1-18-12-19(2)14-23(13-18)33-27(26(31-28(33)34)25-9-5-6-11-30-25)24-15-20(3)32(21(24)4)17-22-8-7-10-29-16-22/h5-16,26-27H,17H2,1-4H3,(H,31,34)/t26-,27-/m1/s1. The molecule has 3 aromatic heterocycles. The Morgan fingerprint density at radius 1 is 0.941 bits per heavy atom. The molecule has 0 unspecified atom stereocenters. The Bertz CT molecular complexity index is 1310. The van der Waals surface area contributed by atoms with Gasteiger partial charge in [-0.25, -0.2) is 0 Å². The van der Waals surface area contributed by atoms with E-state index < -0.39 is 0 Å². The molecular weight excluding hydrogens is 438 g/mol. The number of anilines is 1. The fourth-order valence-electron chi connectivity index (χ4n) is 5.08. The molecule has 1 fully saturated rings. The number of pyridine rings is 2. The molecule has 172 valence electrons. The highest BCUT2D eigenvalue weighted by Gasteiger charge is 2.42. The molecule has 1 aliphatic rings. The second-order valence-corrected chi connectivity index (χ2v) is 9.50. The first-order chi connectivity index (χ1) is 16.4. The summed E-state index contributed by atoms with van der Waals surface area (Å²) in [5.41, 5.74) is 9.42. The summed E-state index contributed by atoms with van der Waals surface area (Å²) in [4.78, 5) is 11.3. The van der Waals surface area contributed by atoms with E-state index in [-0.39, 0.29) is 12.1 Å². The first kappa shape index (κ1) is 22.3. The highest BCUT2D eigenvalue weighted by Crippen LogP contribution is 2.43. The maximum absolute atomic E-state index is 5.92. The zero-order chi connectivity index (χ0) is 23.8. The van der Waals surface area contributed by atoms with Crippen molar-refractivity contribution in [3.05, 3.63) is 113 Å². The molecular formula is C28H29N5S. The lowest BCUT2D eigenvalue weighted by molar-refractivity contribution is 0.563. The Hall–Kier alpha value is -3.51. The van der Waals surface area contributed by atoms with E-state index in [4.69, 9.17) is 17.2 Å². The van der Waals surface area contributed by atoms with E-state index in [9.17, 15) is 0 Å². The van der Waals surface area contributed by atoms with Crippen molar-refractivity contribution < 1.29 is 0 Å². The highest BCUT2D eigenvalue weighted by atomic mass is 32.1. The quantitative estimate of drug-likeness (QED) is 0.380. The van der Waals surface area contributed by atoms with Gasteiger partial charge in [-0.3, -0.25) is 9.97 Å². The number of benzene rings is 1. The number of rotatable bonds is 5. The minimum absolute atomic E-state index is 0.0163. The Morgan fingerprint density at radius 3 is 2.41 bits per heavy atom. The first-order valence-corrected chi connectivity index (χ1v) is 12.0. The van der Waals surface area contributed by atoms with Crippen molar-refractivity contribution in [2.75, 3.05) is 4.90 Å². The van der Waals surface area contributed by atoms with Gasteiger partial charge in [0.15, 0.2) is 5.11 Å². The van der Waals surface area contributed by atoms with E-state index in [2.05, 4.69) is 83.9 Å². The summed E-state index contributed by atoms with van der Waals surface area (Å²) in [6.07, 6.45) is 5.60. The zero-order valence-electron chi connectivity index (χ0n) is 20.0. The van der Waals surface area contributed by atoms with Crippen LogP contribution in [0.15, 0.2) is 73.2 Å². The molecule has 1 saturated heterocycles. The molecule has 0 bridgehead atoms. The molecule has 5 nitrogen and oxygen atoms in total. The summed E-state index contributed by atoms with van der Waals surface area (Å²) in [6.45, 7) is 9.43. The van der Waals surface area contributed by atoms with E-state index in [0.717, 1.165) is 23.0 Å². The fraction of sp³-hybridized carbons (Fsp3) is 0.250. The maximum Gasteiger partial charge on any atom is 0.174 e. The minimum Gasteiger partial charge on any atom is -0.351 e. The number of thiocarbonyl (C=S) groups is 1. The van der Waals surface area contributed by atoms with Crippen LogP contribution < -0.4 is 10.2 Å². The number of hydrogen-bond acceptors (Lipinski definition) is 3. The largest absolute Gasteiger partial charge is 0.351 e. The SMILES string of the molecule is Cc1cc(C)cc(N2C(=S)N[C@H](c3ccccn3)[C@H]2c2cc(C)n(Cc3cccnc3)c2C)c1. The molecule has 2 atom stereocenters. The molecule has 4 aromatic rings. The van der Waals surface area contributed by atoms with Gasteiger partial charge < -0.3 is 14.8 Å². The molecule has 0 spiro atoms. The molecule has 1 aromatic carbocycles. The summed E-state index contributed by atoms with van der Waals surface area (Å²) < 4.78 is 2.36. The molecule has 6 heteroatoms. The molecule has 5 rings (SSSR count). The molecule has 0 amide bonds. The Labute approximate surface area is 206 Å². The van der Waals surface area contributed by atoms with Gasteiger partial charge in [0.05, 0.1) is 17.8 Å². The summed E-state index contributed by atoms with van der Waals surface area (Å²) in [6, 6.07) is 19.0. The Balaban J connectivity index is 1.64. The third-order valence-corrected chi connectivity index (χ3v) is 6.89. The number of nitrogens with zero attached hydrogens (tertiary/aromatic N) is 4. The molecule has 4 heterocycles. The van der Waals surface area contributed by atoms with Gasteiger partial charge >= 0.3 is 0 Å². The summed E-state index contributed by atoms with van der Waals surface area (Å²) in [7, 11) is 0. The van der Waals surface area contributed by atoms with Crippen LogP contribution in [0.1, 0.15) is 51.4 Å². The fourth-order valence-corrected chi connectivity index (χ4v) is 5.43. The van der Waals surface area contributed by atoms with Gasteiger partial charge in [-0.2, -0.15) is 0 Å². The van der Waals surface area contributed by atoms with Gasteiger partial charge in [-0.1, -0.05) is 18.2 Å². The molecule has 1 aliphatic heterocycles. The van der Waals surface area contributed by atoms with Crippen molar-refractivity contribution in [1.29, 1.82) is 0 Å². The second-order valence-electron chi connectivity index (χ2n) is 9.12. The van der Waals surface area contributed by atoms with Gasteiger partial charge in [0.2, 0.25) is 0 Å². The average Bonchev–Trinajstić information content (AvgIpc) is 3.30. The summed E-state index contributed by atoms with van der Waals surface area (Å²) >= 11 is 5.92. The van der Waals surface area contributed by atoms with Crippen LogP contribution in [0.3, 0.4) is 0 Å². The van der Waals surface area contributed by atoms with Crippen LogP contribution >= 0.6 is 12.2 Å². The van der Waals surface area contributed by atoms with Crippen LogP contribution in [0, 0.1) is 27.7 Å². The van der Waals surface area contributed by atoms with E-state index in [1.165, 1.54) is 33.6 Å². The van der Waals surface area contributed by atoms with Gasteiger partial charge in [0, 0.05) is 42.2 Å². The van der Waals surface area contributed by atoms with Gasteiger partial charge in [0.1, 0.15) is 0 Å². The monoisotopic (exact) mass is 467 g/mol. The Kier molecular flexibility index (Phi) is 5.92. The highest BCUT2D eigenvalue weighted by molar-refractivity contribution is 7.80. The smallest absolute Gasteiger partial charge is 0.174 e. The molecule has 0 aliphatic carbocycles. The van der Waals surface area contributed by atoms with Crippen molar-refractivity contribution in [3.8, 4) is 0 Å². The second kappa shape index (κ2) is 9.03. The normalized spacial score (nSPS) is 17.8. The number of aromatic nitrogens is 3. The van der Waals surface area contributed by atoms with E-state index in [1.807, 2.05) is 36.8 Å². The number of hydrogen-bond donors (Lipinski definition) is 1. The van der Waals surface area contributed by atoms with E-state index in [0.29, 0.717) is 0 Å². The maximum atomic E-state index is 5.92. The Morgan fingerprint density at radius 2 is 1.74 bits per heavy atom. The molecule has 0 radical (unpaired) electrons. The van der Waals surface area contributed by atoms with Crippen molar-refractivity contribution in [2.24, 2.45) is 0 Å². The predicted octanol–water partition coefficient (Wildman–Crippen LogP) is 5.74. The molecule has 34 heavy (non-hydrogen) atoms. The van der Waals surface area contributed by atoms with E-state index in [1.54, 1.807) is 0 Å². The minimum atomic E-state index is -0.0538. The van der Waals surface area contributed by atoms with Gasteiger partial charge in [0.25, 0.3) is 0 Å². The van der Waals surface area contributed by atoms with Crippen LogP contribution in [0.4, 0.5) is 5.69 Å². The lowest BCUT2D eigenvalue weighted by atomic mass is 9.96. The van der Waals surface area contributed by atoms with Crippen LogP contribution in [0.2, 0.25) is 0 Å². The first-order valence-electron chi connectivity index (χ1n) is 11.6. The van der Waals surface area contributed by atoms with Crippen molar-refractivity contribution in [3.63, 3.8) is 0 Å². The molecule has 0 saturated carbocycles. The van der Waals surface area contributed by atoms with Crippen LogP contribution in [-0.4, -0.2) is 19.6 Å². The third kappa shape index (κ3) is 4.10. The van der Waals surface area contributed by atoms with Crippen molar-refractivity contribution in [2.45, 2.75) is 46.3 Å². The van der Waals surface area contributed by atoms with Gasteiger partial charge in [-0.15, -0.1) is 0 Å². The lowest BCUT2D eigenvalue weighted by Crippen LogP contribution is -2.29. The summed E-state index contributed by atoms with van der Waals surface area (Å²) in [5, 5.41) is 4.31. The van der Waals surface area contributed by atoms with Crippen LogP contribution in [-0.2, 0) is 6.54 Å². The van der Waals surface area contributed by atoms with Crippen LogP contribution in [0.5, 0.6) is 0 Å². The zero-order valence-corrected chi connectivity index (χ0v) is 20.8. The number of aryl methyl sites for hydroxylation is 3. The van der Waals surface area contributed by atoms with Crippen molar-refractivity contribution >= 4 is 23.0 Å². The topological polar surface area (TPSA) is 46.0 Å². The lowest BCUT2D eigenvalue weighted by Gasteiger charge is -2.29. The average molecular weight is 468 g/mol. The van der Waals surface area contributed by atoms with Crippen LogP contribution in [0.25, 0.3) is 0 Å². The van der Waals surface area contributed by atoms with Gasteiger partial charge in [-0.05, 0) is 98.6 Å². The number of nitrogens with one attached hydrogen (secondary N) is 1. The van der Waals surface area contributed by atoms with Crippen molar-refractivity contribution in [1.82, 2.24) is 19.9 Å². The predicted molar refractivity (Wildman–Crippen MR) is 141 cm³/mol. The molecule has 1 N–H and O–H groups in total. The van der Waals surface area contributed by atoms with E-state index >= 15 is 0 Å². The summed E-state index contributed by atoms with van der Waals surface area (Å²) in [5.74, 6) is 0. The third-order valence-electron chi connectivity index (χ3n) is 6.58.